The van der Waals surface area contributed by atoms with Crippen LogP contribution in [0.25, 0.3) is 0 Å². The third-order valence-corrected chi connectivity index (χ3v) is 3.79. The van der Waals surface area contributed by atoms with E-state index in [0.717, 1.165) is 25.7 Å². The molecule has 0 aromatic carbocycles. The Morgan fingerprint density at radius 2 is 1.95 bits per heavy atom. The first-order valence-electron chi connectivity index (χ1n) is 6.31. The molecule has 1 saturated carbocycles. The summed E-state index contributed by atoms with van der Waals surface area (Å²) in [6.07, 6.45) is -0.909. The highest BCUT2D eigenvalue weighted by atomic mass is 35.5. The lowest BCUT2D eigenvalue weighted by Crippen LogP contribution is -2.31. The van der Waals surface area contributed by atoms with E-state index in [1.165, 1.54) is 6.07 Å². The summed E-state index contributed by atoms with van der Waals surface area (Å²) in [6.45, 7) is 0.374. The van der Waals surface area contributed by atoms with Crippen LogP contribution in [0.15, 0.2) is 6.07 Å². The predicted molar refractivity (Wildman–Crippen MR) is 68.5 cm³/mol. The van der Waals surface area contributed by atoms with Crippen LogP contribution in [0.1, 0.15) is 31.5 Å². The van der Waals surface area contributed by atoms with Gasteiger partial charge in [-0.15, -0.1) is 0 Å². The van der Waals surface area contributed by atoms with E-state index in [1.807, 2.05) is 0 Å². The molecular formula is C12H15ClF3N3O. The first-order valence-corrected chi connectivity index (χ1v) is 6.69. The number of hydrogen-bond donors (Lipinski definition) is 2. The van der Waals surface area contributed by atoms with Crippen molar-refractivity contribution in [3.63, 3.8) is 0 Å². The minimum atomic E-state index is -4.64. The number of aliphatic hydroxyl groups excluding tert-OH is 1. The number of aromatic nitrogens is 2. The van der Waals surface area contributed by atoms with Gasteiger partial charge in [0.25, 0.3) is 0 Å². The molecular weight excluding hydrogens is 295 g/mol. The van der Waals surface area contributed by atoms with Crippen LogP contribution >= 0.6 is 11.6 Å². The summed E-state index contributed by atoms with van der Waals surface area (Å²) in [5, 5.41) is 12.0. The lowest BCUT2D eigenvalue weighted by molar-refractivity contribution is -0.144. The molecule has 112 valence electrons. The Labute approximate surface area is 119 Å². The van der Waals surface area contributed by atoms with Gasteiger partial charge in [0.1, 0.15) is 11.0 Å². The maximum absolute atomic E-state index is 12.6. The van der Waals surface area contributed by atoms with Crippen molar-refractivity contribution in [2.45, 2.75) is 31.9 Å². The van der Waals surface area contributed by atoms with E-state index < -0.39 is 12.0 Å². The zero-order valence-corrected chi connectivity index (χ0v) is 11.4. The SMILES string of the molecule is OCC1(CNc2cc(Cl)nc(C(F)(F)F)n2)CCCC1. The molecule has 1 aliphatic carbocycles. The van der Waals surface area contributed by atoms with Gasteiger partial charge in [-0.1, -0.05) is 24.4 Å². The number of nitrogens with zero attached hydrogens (tertiary/aromatic N) is 2. The Balaban J connectivity index is 2.11. The maximum Gasteiger partial charge on any atom is 0.451 e. The van der Waals surface area contributed by atoms with Gasteiger partial charge >= 0.3 is 6.18 Å². The molecule has 0 spiro atoms. The van der Waals surface area contributed by atoms with Gasteiger partial charge in [-0.2, -0.15) is 13.2 Å². The van der Waals surface area contributed by atoms with Gasteiger partial charge in [-0.3, -0.25) is 0 Å². The van der Waals surface area contributed by atoms with Gasteiger partial charge in [-0.05, 0) is 12.8 Å². The summed E-state index contributed by atoms with van der Waals surface area (Å²) in [6, 6.07) is 1.25. The number of halogens is 4. The van der Waals surface area contributed by atoms with Gasteiger partial charge in [0, 0.05) is 18.0 Å². The van der Waals surface area contributed by atoms with Crippen molar-refractivity contribution in [3.8, 4) is 0 Å². The van der Waals surface area contributed by atoms with E-state index in [0.29, 0.717) is 6.54 Å². The molecule has 0 aliphatic heterocycles. The first-order chi connectivity index (χ1) is 9.35. The lowest BCUT2D eigenvalue weighted by Gasteiger charge is -2.26. The van der Waals surface area contributed by atoms with Crippen molar-refractivity contribution in [1.82, 2.24) is 9.97 Å². The van der Waals surface area contributed by atoms with E-state index in [-0.39, 0.29) is 23.0 Å². The smallest absolute Gasteiger partial charge is 0.396 e. The fourth-order valence-corrected chi connectivity index (χ4v) is 2.61. The van der Waals surface area contributed by atoms with Crippen LogP contribution in [0.4, 0.5) is 19.0 Å². The van der Waals surface area contributed by atoms with Gasteiger partial charge in [0.05, 0.1) is 6.61 Å². The molecule has 1 aromatic rings. The normalized spacial score (nSPS) is 18.2. The summed E-state index contributed by atoms with van der Waals surface area (Å²) in [5.41, 5.74) is -0.282. The number of anilines is 1. The largest absolute Gasteiger partial charge is 0.451 e. The zero-order chi connectivity index (χ0) is 14.8. The van der Waals surface area contributed by atoms with E-state index in [1.54, 1.807) is 0 Å². The van der Waals surface area contributed by atoms with Crippen molar-refractivity contribution in [2.75, 3.05) is 18.5 Å². The van der Waals surface area contributed by atoms with E-state index in [9.17, 15) is 18.3 Å². The molecule has 0 amide bonds. The summed E-state index contributed by atoms with van der Waals surface area (Å²) >= 11 is 5.58. The average Bonchev–Trinajstić information content (AvgIpc) is 2.84. The fourth-order valence-electron chi connectivity index (χ4n) is 2.43. The maximum atomic E-state index is 12.6. The van der Waals surface area contributed by atoms with Crippen molar-refractivity contribution in [3.05, 3.63) is 17.0 Å². The van der Waals surface area contributed by atoms with Crippen LogP contribution in [0.5, 0.6) is 0 Å². The van der Waals surface area contributed by atoms with E-state index >= 15 is 0 Å². The Kier molecular flexibility index (Phi) is 4.39. The summed E-state index contributed by atoms with van der Waals surface area (Å²) < 4.78 is 37.7. The Morgan fingerprint density at radius 1 is 1.30 bits per heavy atom. The molecule has 0 atom stereocenters. The first kappa shape index (κ1) is 15.3. The minimum absolute atomic E-state index is 0.00490. The Hall–Kier alpha value is -1.08. The van der Waals surface area contributed by atoms with Crippen molar-refractivity contribution >= 4 is 17.4 Å². The number of aliphatic hydroxyl groups is 1. The second-order valence-corrected chi connectivity index (χ2v) is 5.50. The van der Waals surface area contributed by atoms with Crippen LogP contribution in [-0.2, 0) is 6.18 Å². The van der Waals surface area contributed by atoms with Crippen molar-refractivity contribution in [1.29, 1.82) is 0 Å². The standard InChI is InChI=1S/C12H15ClF3N3O/c13-8-5-9(19-10(18-8)12(14,15)16)17-6-11(7-20)3-1-2-4-11/h5,20H,1-4,6-7H2,(H,17,18,19). The Bertz CT molecular complexity index is 476. The number of nitrogens with one attached hydrogen (secondary N) is 1. The lowest BCUT2D eigenvalue weighted by atomic mass is 9.87. The molecule has 0 saturated heterocycles. The number of rotatable bonds is 4. The van der Waals surface area contributed by atoms with E-state index in [4.69, 9.17) is 11.6 Å². The molecule has 0 radical (unpaired) electrons. The van der Waals surface area contributed by atoms with Crippen molar-refractivity contribution < 1.29 is 18.3 Å². The zero-order valence-electron chi connectivity index (χ0n) is 10.7. The molecule has 1 aromatic heterocycles. The van der Waals surface area contributed by atoms with E-state index in [2.05, 4.69) is 15.3 Å². The third-order valence-electron chi connectivity index (χ3n) is 3.59. The van der Waals surface area contributed by atoms with Gasteiger partial charge < -0.3 is 10.4 Å². The molecule has 8 heteroatoms. The molecule has 20 heavy (non-hydrogen) atoms. The highest BCUT2D eigenvalue weighted by molar-refractivity contribution is 6.29. The minimum Gasteiger partial charge on any atom is -0.396 e. The van der Waals surface area contributed by atoms with Gasteiger partial charge in [-0.25, -0.2) is 9.97 Å². The fraction of sp³-hybridized carbons (Fsp3) is 0.667. The predicted octanol–water partition coefficient (Wildman–Crippen LogP) is 3.11. The topological polar surface area (TPSA) is 58.0 Å². The molecule has 2 rings (SSSR count). The van der Waals surface area contributed by atoms with Crippen LogP contribution in [0, 0.1) is 5.41 Å². The highest BCUT2D eigenvalue weighted by Gasteiger charge is 2.36. The van der Waals surface area contributed by atoms with Crippen LogP contribution in [0.3, 0.4) is 0 Å². The number of alkyl halides is 3. The molecule has 1 aliphatic rings. The van der Waals surface area contributed by atoms with Crippen LogP contribution in [-0.4, -0.2) is 28.2 Å². The van der Waals surface area contributed by atoms with Crippen LogP contribution < -0.4 is 5.32 Å². The quantitative estimate of drug-likeness (QED) is 0.839. The van der Waals surface area contributed by atoms with Gasteiger partial charge in [0.2, 0.25) is 5.82 Å². The second kappa shape index (κ2) is 5.73. The number of hydrogen-bond acceptors (Lipinski definition) is 4. The molecule has 0 unspecified atom stereocenters. The molecule has 4 nitrogen and oxygen atoms in total. The summed E-state index contributed by atoms with van der Waals surface area (Å²) in [7, 11) is 0. The highest BCUT2D eigenvalue weighted by Crippen LogP contribution is 2.37. The third kappa shape index (κ3) is 3.52. The summed E-state index contributed by atoms with van der Waals surface area (Å²) in [4.78, 5) is 6.58. The summed E-state index contributed by atoms with van der Waals surface area (Å²) in [5.74, 6) is -1.24. The van der Waals surface area contributed by atoms with Gasteiger partial charge in [0.15, 0.2) is 0 Å². The Morgan fingerprint density at radius 3 is 2.50 bits per heavy atom. The van der Waals surface area contributed by atoms with Crippen molar-refractivity contribution in [2.24, 2.45) is 5.41 Å². The monoisotopic (exact) mass is 309 g/mol. The molecule has 2 N–H and O–H groups in total. The molecule has 1 fully saturated rings. The second-order valence-electron chi connectivity index (χ2n) is 5.12. The molecule has 1 heterocycles. The van der Waals surface area contributed by atoms with Crippen LogP contribution in [0.2, 0.25) is 5.15 Å². The average molecular weight is 310 g/mol. The molecule has 0 bridgehead atoms.